The second-order valence-electron chi connectivity index (χ2n) is 3.26. The molecule has 1 rings (SSSR count). The lowest BCUT2D eigenvalue weighted by atomic mass is 10.2. The van der Waals surface area contributed by atoms with Gasteiger partial charge in [0.25, 0.3) is 0 Å². The molecule has 2 atom stereocenters. The lowest BCUT2D eigenvalue weighted by Crippen LogP contribution is -2.45. The predicted molar refractivity (Wildman–Crippen MR) is 52.0 cm³/mol. The molecular formula is C8H18N2S. The van der Waals surface area contributed by atoms with E-state index in [9.17, 15) is 0 Å². The van der Waals surface area contributed by atoms with Gasteiger partial charge in [-0.3, -0.25) is 4.90 Å². The number of nitrogens with two attached hydrogens (primary N) is 1. The van der Waals surface area contributed by atoms with Crippen LogP contribution in [0.1, 0.15) is 13.8 Å². The third kappa shape index (κ3) is 2.65. The van der Waals surface area contributed by atoms with Gasteiger partial charge in [0.15, 0.2) is 0 Å². The Morgan fingerprint density at radius 1 is 1.73 bits per heavy atom. The summed E-state index contributed by atoms with van der Waals surface area (Å²) in [4.78, 5) is 2.49. The van der Waals surface area contributed by atoms with Gasteiger partial charge in [0.2, 0.25) is 0 Å². The highest BCUT2D eigenvalue weighted by Crippen LogP contribution is 2.18. The molecule has 2 unspecified atom stereocenters. The van der Waals surface area contributed by atoms with Crippen molar-refractivity contribution in [1.82, 2.24) is 4.90 Å². The van der Waals surface area contributed by atoms with Crippen LogP contribution in [0.15, 0.2) is 0 Å². The molecule has 1 aliphatic heterocycles. The quantitative estimate of drug-likeness (QED) is 0.670. The minimum atomic E-state index is 0.568. The van der Waals surface area contributed by atoms with Crippen LogP contribution >= 0.6 is 11.8 Å². The van der Waals surface area contributed by atoms with Crippen molar-refractivity contribution in [2.45, 2.75) is 25.1 Å². The van der Waals surface area contributed by atoms with Crippen molar-refractivity contribution in [3.63, 3.8) is 0 Å². The molecule has 1 heterocycles. The topological polar surface area (TPSA) is 29.3 Å². The van der Waals surface area contributed by atoms with Crippen LogP contribution in [-0.2, 0) is 0 Å². The van der Waals surface area contributed by atoms with Crippen molar-refractivity contribution in [3.8, 4) is 0 Å². The normalized spacial score (nSPS) is 30.3. The fourth-order valence-electron chi connectivity index (χ4n) is 1.39. The zero-order valence-electron chi connectivity index (χ0n) is 7.42. The van der Waals surface area contributed by atoms with E-state index in [1.54, 1.807) is 0 Å². The maximum Gasteiger partial charge on any atom is 0.0190 e. The van der Waals surface area contributed by atoms with Crippen LogP contribution < -0.4 is 5.73 Å². The maximum atomic E-state index is 5.60. The summed E-state index contributed by atoms with van der Waals surface area (Å²) in [6.45, 7) is 7.72. The van der Waals surface area contributed by atoms with E-state index < -0.39 is 0 Å². The molecule has 1 fully saturated rings. The van der Waals surface area contributed by atoms with Crippen LogP contribution in [0.3, 0.4) is 0 Å². The first-order valence-electron chi connectivity index (χ1n) is 4.29. The smallest absolute Gasteiger partial charge is 0.0190 e. The van der Waals surface area contributed by atoms with Crippen molar-refractivity contribution in [2.75, 3.05) is 25.4 Å². The summed E-state index contributed by atoms with van der Waals surface area (Å²) in [6.07, 6.45) is 0. The predicted octanol–water partition coefficient (Wildman–Crippen LogP) is 0.771. The van der Waals surface area contributed by atoms with Crippen LogP contribution in [0.2, 0.25) is 0 Å². The van der Waals surface area contributed by atoms with Crippen molar-refractivity contribution in [1.29, 1.82) is 0 Å². The number of nitrogens with zero attached hydrogens (tertiary/aromatic N) is 1. The number of hydrogen-bond acceptors (Lipinski definition) is 3. The van der Waals surface area contributed by atoms with Gasteiger partial charge in [-0.05, 0) is 6.92 Å². The Balaban J connectivity index is 2.33. The van der Waals surface area contributed by atoms with Crippen LogP contribution in [0, 0.1) is 0 Å². The Morgan fingerprint density at radius 2 is 2.45 bits per heavy atom. The second-order valence-corrected chi connectivity index (χ2v) is 4.81. The minimum absolute atomic E-state index is 0.568. The number of rotatable bonds is 2. The molecule has 11 heavy (non-hydrogen) atoms. The highest BCUT2D eigenvalue weighted by molar-refractivity contribution is 7.99. The molecule has 2 N–H and O–H groups in total. The Hall–Kier alpha value is 0.270. The molecule has 2 nitrogen and oxygen atoms in total. The molecule has 1 saturated heterocycles. The highest BCUT2D eigenvalue weighted by Gasteiger charge is 2.19. The van der Waals surface area contributed by atoms with Gasteiger partial charge < -0.3 is 5.73 Å². The van der Waals surface area contributed by atoms with Gasteiger partial charge in [0.05, 0.1) is 0 Å². The monoisotopic (exact) mass is 174 g/mol. The van der Waals surface area contributed by atoms with Gasteiger partial charge in [-0.2, -0.15) is 11.8 Å². The molecule has 0 bridgehead atoms. The number of thioether (sulfide) groups is 1. The van der Waals surface area contributed by atoms with Crippen LogP contribution in [-0.4, -0.2) is 41.6 Å². The van der Waals surface area contributed by atoms with Crippen molar-refractivity contribution < 1.29 is 0 Å². The van der Waals surface area contributed by atoms with Gasteiger partial charge in [0, 0.05) is 36.7 Å². The summed E-state index contributed by atoms with van der Waals surface area (Å²) in [6, 6.07) is 0.568. The highest BCUT2D eigenvalue weighted by atomic mass is 32.2. The Bertz CT molecular complexity index is 119. The molecule has 0 spiro atoms. The molecule has 0 radical (unpaired) electrons. The number of hydrogen-bond donors (Lipinski definition) is 1. The van der Waals surface area contributed by atoms with Gasteiger partial charge >= 0.3 is 0 Å². The third-order valence-corrected chi connectivity index (χ3v) is 3.37. The molecule has 3 heteroatoms. The SMILES string of the molecule is CC1CN(C(C)CN)CCS1. The molecule has 0 aliphatic carbocycles. The van der Waals surface area contributed by atoms with Crippen molar-refractivity contribution in [2.24, 2.45) is 5.73 Å². The molecule has 0 amide bonds. The summed E-state index contributed by atoms with van der Waals surface area (Å²) in [5.74, 6) is 1.27. The Labute approximate surface area is 73.5 Å². The van der Waals surface area contributed by atoms with E-state index in [1.807, 2.05) is 0 Å². The van der Waals surface area contributed by atoms with Gasteiger partial charge in [0.1, 0.15) is 0 Å². The molecule has 0 saturated carbocycles. The van der Waals surface area contributed by atoms with Crippen molar-refractivity contribution >= 4 is 11.8 Å². The Kier molecular flexibility index (Phi) is 3.69. The van der Waals surface area contributed by atoms with Crippen LogP contribution in [0.4, 0.5) is 0 Å². The summed E-state index contributed by atoms with van der Waals surface area (Å²) < 4.78 is 0. The first-order valence-corrected chi connectivity index (χ1v) is 5.34. The van der Waals surface area contributed by atoms with Crippen LogP contribution in [0.5, 0.6) is 0 Å². The van der Waals surface area contributed by atoms with E-state index in [4.69, 9.17) is 5.73 Å². The lowest BCUT2D eigenvalue weighted by molar-refractivity contribution is 0.223. The first kappa shape index (κ1) is 9.36. The minimum Gasteiger partial charge on any atom is -0.329 e. The summed E-state index contributed by atoms with van der Waals surface area (Å²) in [5.41, 5.74) is 5.60. The lowest BCUT2D eigenvalue weighted by Gasteiger charge is -2.34. The molecular weight excluding hydrogens is 156 g/mol. The molecule has 0 aromatic rings. The summed E-state index contributed by atoms with van der Waals surface area (Å²) >= 11 is 2.07. The first-order chi connectivity index (χ1) is 5.24. The zero-order valence-corrected chi connectivity index (χ0v) is 8.23. The van der Waals surface area contributed by atoms with E-state index >= 15 is 0 Å². The van der Waals surface area contributed by atoms with Crippen LogP contribution in [0.25, 0.3) is 0 Å². The average molecular weight is 174 g/mol. The molecule has 0 aromatic heterocycles. The standard InChI is InChI=1S/C8H18N2S/c1-7(5-9)10-3-4-11-8(2)6-10/h7-8H,3-6,9H2,1-2H3. The summed E-state index contributed by atoms with van der Waals surface area (Å²) in [5, 5.41) is 0.790. The fourth-order valence-corrected chi connectivity index (χ4v) is 2.43. The van der Waals surface area contributed by atoms with E-state index in [0.717, 1.165) is 11.8 Å². The maximum absolute atomic E-state index is 5.60. The molecule has 66 valence electrons. The van der Waals surface area contributed by atoms with E-state index in [0.29, 0.717) is 6.04 Å². The third-order valence-electron chi connectivity index (χ3n) is 2.24. The average Bonchev–Trinajstić information content (AvgIpc) is 2.03. The van der Waals surface area contributed by atoms with E-state index in [1.165, 1.54) is 18.8 Å². The molecule has 0 aromatic carbocycles. The molecule has 1 aliphatic rings. The van der Waals surface area contributed by atoms with E-state index in [-0.39, 0.29) is 0 Å². The second kappa shape index (κ2) is 4.33. The fraction of sp³-hybridized carbons (Fsp3) is 1.00. The van der Waals surface area contributed by atoms with Crippen molar-refractivity contribution in [3.05, 3.63) is 0 Å². The Morgan fingerprint density at radius 3 is 3.00 bits per heavy atom. The summed E-state index contributed by atoms with van der Waals surface area (Å²) in [7, 11) is 0. The van der Waals surface area contributed by atoms with Gasteiger partial charge in [-0.1, -0.05) is 6.92 Å². The zero-order chi connectivity index (χ0) is 8.27. The van der Waals surface area contributed by atoms with E-state index in [2.05, 4.69) is 30.5 Å². The van der Waals surface area contributed by atoms with Gasteiger partial charge in [-0.15, -0.1) is 0 Å². The van der Waals surface area contributed by atoms with Gasteiger partial charge in [-0.25, -0.2) is 0 Å². The largest absolute Gasteiger partial charge is 0.329 e.